The second-order valence-corrected chi connectivity index (χ2v) is 7.20. The van der Waals surface area contributed by atoms with Gasteiger partial charge in [0.15, 0.2) is 0 Å². The third-order valence-electron chi connectivity index (χ3n) is 3.15. The molecule has 0 fully saturated rings. The van der Waals surface area contributed by atoms with Gasteiger partial charge in [0, 0.05) is 25.4 Å². The highest BCUT2D eigenvalue weighted by Crippen LogP contribution is 2.08. The van der Waals surface area contributed by atoms with Crippen LogP contribution in [-0.2, 0) is 9.84 Å². The third kappa shape index (κ3) is 8.57. The molecule has 0 aromatic heterocycles. The average molecular weight is 264 g/mol. The first-order valence-corrected chi connectivity index (χ1v) is 8.45. The zero-order chi connectivity index (χ0) is 13.5. The molecule has 0 saturated carbocycles. The van der Waals surface area contributed by atoms with Crippen LogP contribution in [0.5, 0.6) is 0 Å². The van der Waals surface area contributed by atoms with Crippen LogP contribution in [0.4, 0.5) is 0 Å². The van der Waals surface area contributed by atoms with Crippen molar-refractivity contribution in [3.05, 3.63) is 0 Å². The summed E-state index contributed by atoms with van der Waals surface area (Å²) in [5.41, 5.74) is 0. The lowest BCUT2D eigenvalue weighted by atomic mass is 9.99. The van der Waals surface area contributed by atoms with Crippen molar-refractivity contribution in [3.63, 3.8) is 0 Å². The number of sulfone groups is 1. The Morgan fingerprint density at radius 3 is 2.29 bits per heavy atom. The van der Waals surface area contributed by atoms with Crippen molar-refractivity contribution in [3.8, 4) is 0 Å². The first-order chi connectivity index (χ1) is 7.80. The van der Waals surface area contributed by atoms with E-state index in [1.54, 1.807) is 0 Å². The SMILES string of the molecule is CCNC(CN(C)CCS(C)(=O)=O)C(C)CC. The molecule has 0 aliphatic carbocycles. The molecule has 0 aromatic rings. The fourth-order valence-electron chi connectivity index (χ4n) is 1.74. The summed E-state index contributed by atoms with van der Waals surface area (Å²) < 4.78 is 22.2. The fraction of sp³-hybridized carbons (Fsp3) is 1.00. The van der Waals surface area contributed by atoms with E-state index in [4.69, 9.17) is 0 Å². The lowest BCUT2D eigenvalue weighted by molar-refractivity contribution is 0.255. The summed E-state index contributed by atoms with van der Waals surface area (Å²) in [6.07, 6.45) is 2.43. The fourth-order valence-corrected chi connectivity index (χ4v) is 2.38. The summed E-state index contributed by atoms with van der Waals surface area (Å²) >= 11 is 0. The van der Waals surface area contributed by atoms with Crippen LogP contribution in [0.1, 0.15) is 27.2 Å². The van der Waals surface area contributed by atoms with Crippen molar-refractivity contribution >= 4 is 9.84 Å². The number of hydrogen-bond donors (Lipinski definition) is 1. The first-order valence-electron chi connectivity index (χ1n) is 6.39. The second-order valence-electron chi connectivity index (χ2n) is 4.94. The van der Waals surface area contributed by atoms with E-state index >= 15 is 0 Å². The molecular formula is C12H28N2O2S. The van der Waals surface area contributed by atoms with E-state index in [9.17, 15) is 8.42 Å². The minimum absolute atomic E-state index is 0.239. The van der Waals surface area contributed by atoms with E-state index in [0.29, 0.717) is 18.5 Å². The van der Waals surface area contributed by atoms with E-state index in [2.05, 4.69) is 31.0 Å². The molecule has 0 bridgehead atoms. The molecule has 2 atom stereocenters. The molecule has 4 nitrogen and oxygen atoms in total. The van der Waals surface area contributed by atoms with Gasteiger partial charge in [-0.3, -0.25) is 0 Å². The zero-order valence-corrected chi connectivity index (χ0v) is 12.7. The molecule has 0 aliphatic heterocycles. The van der Waals surface area contributed by atoms with E-state index in [0.717, 1.165) is 19.5 Å². The first kappa shape index (κ1) is 16.9. The molecule has 5 heteroatoms. The summed E-state index contributed by atoms with van der Waals surface area (Å²) in [6.45, 7) is 8.99. The Morgan fingerprint density at radius 2 is 1.88 bits per heavy atom. The Morgan fingerprint density at radius 1 is 1.29 bits per heavy atom. The maximum atomic E-state index is 11.1. The normalized spacial score (nSPS) is 16.1. The Kier molecular flexibility index (Phi) is 8.00. The summed E-state index contributed by atoms with van der Waals surface area (Å²) in [7, 11) is -0.871. The van der Waals surface area contributed by atoms with Crippen LogP contribution in [0, 0.1) is 5.92 Å². The molecule has 0 spiro atoms. The minimum atomic E-state index is -2.86. The Balaban J connectivity index is 4.16. The van der Waals surface area contributed by atoms with Gasteiger partial charge in [-0.1, -0.05) is 27.2 Å². The van der Waals surface area contributed by atoms with Crippen LogP contribution in [0.2, 0.25) is 0 Å². The molecular weight excluding hydrogens is 236 g/mol. The third-order valence-corrected chi connectivity index (χ3v) is 4.07. The van der Waals surface area contributed by atoms with E-state index in [1.165, 1.54) is 6.26 Å². The molecule has 0 amide bonds. The smallest absolute Gasteiger partial charge is 0.148 e. The number of hydrogen-bond acceptors (Lipinski definition) is 4. The molecule has 0 heterocycles. The predicted molar refractivity (Wildman–Crippen MR) is 74.1 cm³/mol. The molecule has 0 aliphatic rings. The lowest BCUT2D eigenvalue weighted by Gasteiger charge is -2.28. The van der Waals surface area contributed by atoms with Crippen LogP contribution >= 0.6 is 0 Å². The predicted octanol–water partition coefficient (Wildman–Crippen LogP) is 0.987. The van der Waals surface area contributed by atoms with E-state index in [1.807, 2.05) is 7.05 Å². The van der Waals surface area contributed by atoms with Crippen molar-refractivity contribution in [1.29, 1.82) is 0 Å². The van der Waals surface area contributed by atoms with Crippen LogP contribution in [0.15, 0.2) is 0 Å². The van der Waals surface area contributed by atoms with Gasteiger partial charge in [0.1, 0.15) is 9.84 Å². The van der Waals surface area contributed by atoms with Crippen LogP contribution in [0.25, 0.3) is 0 Å². The summed E-state index contributed by atoms with van der Waals surface area (Å²) in [4.78, 5) is 2.10. The topological polar surface area (TPSA) is 49.4 Å². The quantitative estimate of drug-likeness (QED) is 0.675. The van der Waals surface area contributed by atoms with Crippen molar-refractivity contribution in [2.24, 2.45) is 5.92 Å². The van der Waals surface area contributed by atoms with Crippen LogP contribution in [0.3, 0.4) is 0 Å². The van der Waals surface area contributed by atoms with Gasteiger partial charge >= 0.3 is 0 Å². The molecule has 2 unspecified atom stereocenters. The van der Waals surface area contributed by atoms with Gasteiger partial charge in [0.25, 0.3) is 0 Å². The highest BCUT2D eigenvalue weighted by atomic mass is 32.2. The monoisotopic (exact) mass is 264 g/mol. The zero-order valence-electron chi connectivity index (χ0n) is 11.9. The van der Waals surface area contributed by atoms with Crippen molar-refractivity contribution in [1.82, 2.24) is 10.2 Å². The largest absolute Gasteiger partial charge is 0.313 e. The van der Waals surface area contributed by atoms with E-state index < -0.39 is 9.84 Å². The summed E-state index contributed by atoms with van der Waals surface area (Å²) in [5.74, 6) is 0.846. The molecule has 1 N–H and O–H groups in total. The van der Waals surface area contributed by atoms with Gasteiger partial charge < -0.3 is 10.2 Å². The van der Waals surface area contributed by atoms with Crippen molar-refractivity contribution in [2.75, 3.05) is 38.7 Å². The molecule has 17 heavy (non-hydrogen) atoms. The Labute approximate surface area is 107 Å². The Hall–Kier alpha value is -0.130. The molecule has 0 saturated heterocycles. The maximum absolute atomic E-state index is 11.1. The summed E-state index contributed by atoms with van der Waals surface area (Å²) in [5, 5.41) is 3.47. The highest BCUT2D eigenvalue weighted by molar-refractivity contribution is 7.90. The number of rotatable bonds is 9. The lowest BCUT2D eigenvalue weighted by Crippen LogP contribution is -2.44. The van der Waals surface area contributed by atoms with Gasteiger partial charge in [-0.05, 0) is 19.5 Å². The molecule has 104 valence electrons. The molecule has 0 radical (unpaired) electrons. The maximum Gasteiger partial charge on any atom is 0.148 e. The van der Waals surface area contributed by atoms with Crippen molar-refractivity contribution < 1.29 is 8.42 Å². The van der Waals surface area contributed by atoms with Gasteiger partial charge in [-0.15, -0.1) is 0 Å². The number of nitrogens with one attached hydrogen (secondary N) is 1. The second kappa shape index (κ2) is 8.06. The highest BCUT2D eigenvalue weighted by Gasteiger charge is 2.17. The Bertz CT molecular complexity index is 291. The van der Waals surface area contributed by atoms with Crippen molar-refractivity contribution in [2.45, 2.75) is 33.2 Å². The van der Waals surface area contributed by atoms with Crippen LogP contribution in [-0.4, -0.2) is 58.1 Å². The van der Waals surface area contributed by atoms with E-state index in [-0.39, 0.29) is 5.75 Å². The van der Waals surface area contributed by atoms with Gasteiger partial charge in [0.2, 0.25) is 0 Å². The number of nitrogens with zero attached hydrogens (tertiary/aromatic N) is 1. The standard InChI is InChI=1S/C12H28N2O2S/c1-6-11(3)12(13-7-2)10-14(4)8-9-17(5,15)16/h11-13H,6-10H2,1-5H3. The molecule has 0 aromatic carbocycles. The minimum Gasteiger partial charge on any atom is -0.313 e. The number of likely N-dealkylation sites (N-methyl/N-ethyl adjacent to an activating group) is 2. The summed E-state index contributed by atoms with van der Waals surface area (Å²) in [6, 6.07) is 0.439. The molecule has 0 rings (SSSR count). The van der Waals surface area contributed by atoms with Gasteiger partial charge in [-0.2, -0.15) is 0 Å². The van der Waals surface area contributed by atoms with Crippen LogP contribution < -0.4 is 5.32 Å². The van der Waals surface area contributed by atoms with Gasteiger partial charge in [0.05, 0.1) is 5.75 Å². The van der Waals surface area contributed by atoms with Gasteiger partial charge in [-0.25, -0.2) is 8.42 Å². The average Bonchev–Trinajstić information content (AvgIpc) is 2.24.